The van der Waals surface area contributed by atoms with Crippen LogP contribution in [-0.2, 0) is 14.9 Å². The fourth-order valence-corrected chi connectivity index (χ4v) is 1.50. The van der Waals surface area contributed by atoms with E-state index in [1.807, 2.05) is 0 Å². The van der Waals surface area contributed by atoms with E-state index >= 15 is 0 Å². The van der Waals surface area contributed by atoms with Crippen LogP contribution in [0, 0.1) is 0 Å². The molecular formula is C9H14N2O5S. The maximum atomic E-state index is 11.0. The molecule has 0 bridgehead atoms. The van der Waals surface area contributed by atoms with Gasteiger partial charge in [-0.15, -0.1) is 0 Å². The monoisotopic (exact) mass is 262 g/mol. The lowest BCUT2D eigenvalue weighted by Crippen LogP contribution is -2.21. The van der Waals surface area contributed by atoms with Crippen molar-refractivity contribution in [1.82, 2.24) is 0 Å². The second kappa shape index (κ2) is 5.94. The Morgan fingerprint density at radius 1 is 1.35 bits per heavy atom. The largest absolute Gasteiger partial charge is 0.394 e. The van der Waals surface area contributed by atoms with Crippen LogP contribution in [0.5, 0.6) is 0 Å². The van der Waals surface area contributed by atoms with E-state index < -0.39 is 22.7 Å². The minimum Gasteiger partial charge on any atom is -0.394 e. The van der Waals surface area contributed by atoms with Crippen molar-refractivity contribution < 1.29 is 23.5 Å². The number of hydrogen-bond donors (Lipinski definition) is 4. The Labute approximate surface area is 98.8 Å². The van der Waals surface area contributed by atoms with Gasteiger partial charge in [0, 0.05) is 0 Å². The Kier molecular flexibility index (Phi) is 4.85. The van der Waals surface area contributed by atoms with Gasteiger partial charge in [-0.25, -0.2) is 13.6 Å². The number of benzene rings is 1. The topological polar surface area (TPSA) is 122 Å². The molecule has 1 rings (SSSR count). The molecule has 0 fully saturated rings. The Morgan fingerprint density at radius 2 is 1.94 bits per heavy atom. The Balaban J connectivity index is 2.52. The number of nitrogens with two attached hydrogens (primary N) is 1. The normalized spacial score (nSPS) is 13.4. The van der Waals surface area contributed by atoms with Crippen LogP contribution in [-0.4, -0.2) is 37.9 Å². The number of anilines is 1. The van der Waals surface area contributed by atoms with E-state index in [2.05, 4.69) is 5.48 Å². The van der Waals surface area contributed by atoms with Crippen molar-refractivity contribution in [3.8, 4) is 0 Å². The Hall–Kier alpha value is -1.19. The van der Waals surface area contributed by atoms with Gasteiger partial charge in [-0.1, -0.05) is 0 Å². The maximum Gasteiger partial charge on any atom is 0.238 e. The van der Waals surface area contributed by atoms with E-state index in [0.717, 1.165) is 0 Å². The highest BCUT2D eigenvalue weighted by Gasteiger charge is 2.07. The molecule has 7 nitrogen and oxygen atoms in total. The van der Waals surface area contributed by atoms with Crippen LogP contribution in [0.2, 0.25) is 0 Å². The van der Waals surface area contributed by atoms with Crippen molar-refractivity contribution in [2.24, 2.45) is 5.14 Å². The minimum absolute atomic E-state index is 0.00144. The van der Waals surface area contributed by atoms with Crippen molar-refractivity contribution in [1.29, 1.82) is 0 Å². The third-order valence-electron chi connectivity index (χ3n) is 1.86. The molecule has 1 aromatic carbocycles. The standard InChI is InChI=1S/C9H14N2O5S/c10-17(14,15)9-3-1-7(2-4-9)11-16-6-8(13)5-12/h1-4,8,11-13H,5-6H2,(H2,10,14,15). The maximum absolute atomic E-state index is 11.0. The predicted octanol–water partition coefficient (Wildman–Crippen LogP) is -0.969. The van der Waals surface area contributed by atoms with E-state index in [-0.39, 0.29) is 11.5 Å². The second-order valence-electron chi connectivity index (χ2n) is 3.32. The van der Waals surface area contributed by atoms with Gasteiger partial charge in [0.25, 0.3) is 0 Å². The molecule has 0 amide bonds. The molecule has 96 valence electrons. The van der Waals surface area contributed by atoms with Crippen LogP contribution in [0.25, 0.3) is 0 Å². The van der Waals surface area contributed by atoms with Gasteiger partial charge in [0.05, 0.1) is 17.2 Å². The van der Waals surface area contributed by atoms with Gasteiger partial charge < -0.3 is 10.2 Å². The highest BCUT2D eigenvalue weighted by atomic mass is 32.2. The quantitative estimate of drug-likeness (QED) is 0.489. The van der Waals surface area contributed by atoms with E-state index in [4.69, 9.17) is 20.2 Å². The Morgan fingerprint density at radius 3 is 2.41 bits per heavy atom. The lowest BCUT2D eigenvalue weighted by atomic mass is 10.3. The molecule has 1 unspecified atom stereocenters. The van der Waals surface area contributed by atoms with Crippen LogP contribution in [0.1, 0.15) is 0 Å². The summed E-state index contributed by atoms with van der Waals surface area (Å²) in [4.78, 5) is 4.86. The summed E-state index contributed by atoms with van der Waals surface area (Å²) in [6, 6.07) is 5.57. The van der Waals surface area contributed by atoms with E-state index in [0.29, 0.717) is 5.69 Å². The zero-order valence-electron chi connectivity index (χ0n) is 8.91. The summed E-state index contributed by atoms with van der Waals surface area (Å²) in [5.74, 6) is 0. The highest BCUT2D eigenvalue weighted by Crippen LogP contribution is 2.12. The van der Waals surface area contributed by atoms with Gasteiger partial charge in [-0.3, -0.25) is 10.3 Å². The highest BCUT2D eigenvalue weighted by molar-refractivity contribution is 7.89. The smallest absolute Gasteiger partial charge is 0.238 e. The first kappa shape index (κ1) is 13.9. The fourth-order valence-electron chi connectivity index (χ4n) is 0.987. The first-order valence-electron chi connectivity index (χ1n) is 4.73. The summed E-state index contributed by atoms with van der Waals surface area (Å²) >= 11 is 0. The minimum atomic E-state index is -3.70. The van der Waals surface area contributed by atoms with Gasteiger partial charge in [-0.2, -0.15) is 0 Å². The van der Waals surface area contributed by atoms with Crippen LogP contribution < -0.4 is 10.6 Å². The number of sulfonamides is 1. The lowest BCUT2D eigenvalue weighted by molar-refractivity contribution is 0.0246. The van der Waals surface area contributed by atoms with Gasteiger partial charge in [-0.05, 0) is 24.3 Å². The average molecular weight is 262 g/mol. The number of primary sulfonamides is 1. The van der Waals surface area contributed by atoms with Crippen molar-refractivity contribution in [2.45, 2.75) is 11.0 Å². The summed E-state index contributed by atoms with van der Waals surface area (Å²) in [5.41, 5.74) is 2.98. The van der Waals surface area contributed by atoms with Gasteiger partial charge in [0.1, 0.15) is 12.7 Å². The number of rotatable bonds is 6. The summed E-state index contributed by atoms with van der Waals surface area (Å²) in [6.07, 6.45) is -0.966. The van der Waals surface area contributed by atoms with Crippen LogP contribution >= 0.6 is 0 Å². The molecule has 0 spiro atoms. The molecule has 0 aromatic heterocycles. The second-order valence-corrected chi connectivity index (χ2v) is 4.88. The predicted molar refractivity (Wildman–Crippen MR) is 60.5 cm³/mol. The zero-order chi connectivity index (χ0) is 12.9. The molecule has 0 radical (unpaired) electrons. The van der Waals surface area contributed by atoms with Crippen LogP contribution in [0.15, 0.2) is 29.2 Å². The summed E-state index contributed by atoms with van der Waals surface area (Å²) in [7, 11) is -3.70. The van der Waals surface area contributed by atoms with Crippen molar-refractivity contribution in [2.75, 3.05) is 18.7 Å². The molecule has 0 saturated carbocycles. The molecule has 1 atom stereocenters. The molecule has 1 aromatic rings. The van der Waals surface area contributed by atoms with E-state index in [1.54, 1.807) is 0 Å². The van der Waals surface area contributed by atoms with Crippen molar-refractivity contribution in [3.05, 3.63) is 24.3 Å². The van der Waals surface area contributed by atoms with E-state index in [9.17, 15) is 8.42 Å². The molecule has 0 saturated heterocycles. The molecular weight excluding hydrogens is 248 g/mol. The summed E-state index contributed by atoms with van der Waals surface area (Å²) in [6.45, 7) is -0.487. The van der Waals surface area contributed by atoms with Crippen LogP contribution in [0.4, 0.5) is 5.69 Å². The molecule has 17 heavy (non-hydrogen) atoms. The molecule has 0 heterocycles. The lowest BCUT2D eigenvalue weighted by Gasteiger charge is -2.10. The van der Waals surface area contributed by atoms with Gasteiger partial charge in [0.15, 0.2) is 0 Å². The number of aliphatic hydroxyl groups is 2. The Bertz CT molecular complexity index is 445. The first-order valence-corrected chi connectivity index (χ1v) is 6.27. The number of aliphatic hydroxyl groups excluding tert-OH is 2. The third kappa shape index (κ3) is 4.67. The summed E-state index contributed by atoms with van der Waals surface area (Å²) in [5, 5.41) is 22.4. The van der Waals surface area contributed by atoms with E-state index in [1.165, 1.54) is 24.3 Å². The third-order valence-corrected chi connectivity index (χ3v) is 2.79. The molecule has 8 heteroatoms. The molecule has 0 aliphatic carbocycles. The average Bonchev–Trinajstić information content (AvgIpc) is 2.28. The fraction of sp³-hybridized carbons (Fsp3) is 0.333. The molecule has 5 N–H and O–H groups in total. The van der Waals surface area contributed by atoms with Crippen molar-refractivity contribution in [3.63, 3.8) is 0 Å². The zero-order valence-corrected chi connectivity index (χ0v) is 9.72. The molecule has 0 aliphatic heterocycles. The number of nitrogens with one attached hydrogen (secondary N) is 1. The van der Waals surface area contributed by atoms with Crippen LogP contribution in [0.3, 0.4) is 0 Å². The SMILES string of the molecule is NS(=O)(=O)c1ccc(NOCC(O)CO)cc1. The number of hydrogen-bond acceptors (Lipinski definition) is 6. The van der Waals surface area contributed by atoms with Crippen molar-refractivity contribution >= 4 is 15.7 Å². The van der Waals surface area contributed by atoms with Gasteiger partial charge in [0.2, 0.25) is 10.0 Å². The van der Waals surface area contributed by atoms with Gasteiger partial charge >= 0.3 is 0 Å². The summed E-state index contributed by atoms with van der Waals surface area (Å²) < 4.78 is 21.9. The first-order chi connectivity index (χ1) is 7.93. The molecule has 0 aliphatic rings.